The molecule has 0 fully saturated rings. The van der Waals surface area contributed by atoms with Crippen LogP contribution in [0.3, 0.4) is 0 Å². The number of hydrogen-bond donors (Lipinski definition) is 0. The van der Waals surface area contributed by atoms with E-state index in [0.29, 0.717) is 6.61 Å². The van der Waals surface area contributed by atoms with Crippen molar-refractivity contribution in [2.45, 2.75) is 12.6 Å². The minimum atomic E-state index is -1.86. The standard InChI is InChI=1S/C13H16OSi/c1-4-11-14-15(3,5-2)12-13-9-7-6-8-10-13/h1,5-10H,2,11-12H2,3H3. The molecule has 0 amide bonds. The van der Waals surface area contributed by atoms with Crippen LogP contribution in [0, 0.1) is 12.3 Å². The molecule has 0 aliphatic rings. The largest absolute Gasteiger partial charge is 0.402 e. The highest BCUT2D eigenvalue weighted by atomic mass is 28.4. The van der Waals surface area contributed by atoms with E-state index in [1.807, 2.05) is 23.9 Å². The van der Waals surface area contributed by atoms with Gasteiger partial charge in [-0.25, -0.2) is 0 Å². The van der Waals surface area contributed by atoms with Crippen LogP contribution in [0.25, 0.3) is 0 Å². The second-order valence-electron chi connectivity index (χ2n) is 3.67. The summed E-state index contributed by atoms with van der Waals surface area (Å²) in [6.07, 6.45) is 5.20. The number of hydrogen-bond acceptors (Lipinski definition) is 1. The lowest BCUT2D eigenvalue weighted by Crippen LogP contribution is -2.35. The molecule has 0 saturated carbocycles. The van der Waals surface area contributed by atoms with Gasteiger partial charge in [0.1, 0.15) is 0 Å². The first-order valence-electron chi connectivity index (χ1n) is 4.95. The van der Waals surface area contributed by atoms with Gasteiger partial charge in [-0.05, 0) is 18.2 Å². The van der Waals surface area contributed by atoms with Crippen LogP contribution < -0.4 is 0 Å². The highest BCUT2D eigenvalue weighted by Crippen LogP contribution is 2.14. The molecule has 15 heavy (non-hydrogen) atoms. The molecule has 1 nitrogen and oxygen atoms in total. The first-order valence-corrected chi connectivity index (χ1v) is 7.64. The fourth-order valence-corrected chi connectivity index (χ4v) is 3.21. The summed E-state index contributed by atoms with van der Waals surface area (Å²) < 4.78 is 5.72. The van der Waals surface area contributed by atoms with Gasteiger partial charge in [0.05, 0.1) is 6.61 Å². The summed E-state index contributed by atoms with van der Waals surface area (Å²) >= 11 is 0. The molecule has 0 aliphatic carbocycles. The van der Waals surface area contributed by atoms with Crippen LogP contribution in [0.4, 0.5) is 0 Å². The van der Waals surface area contributed by atoms with E-state index in [-0.39, 0.29) is 0 Å². The van der Waals surface area contributed by atoms with Crippen molar-refractivity contribution < 1.29 is 4.43 Å². The van der Waals surface area contributed by atoms with Gasteiger partial charge in [0.2, 0.25) is 8.32 Å². The molecule has 0 spiro atoms. The Morgan fingerprint density at radius 2 is 2.13 bits per heavy atom. The van der Waals surface area contributed by atoms with Gasteiger partial charge in [0, 0.05) is 0 Å². The highest BCUT2D eigenvalue weighted by Gasteiger charge is 2.25. The normalized spacial score (nSPS) is 13.9. The van der Waals surface area contributed by atoms with E-state index < -0.39 is 8.32 Å². The Kier molecular flexibility index (Phi) is 4.35. The average molecular weight is 216 g/mol. The van der Waals surface area contributed by atoms with Gasteiger partial charge in [0.15, 0.2) is 0 Å². The van der Waals surface area contributed by atoms with Crippen LogP contribution in [-0.4, -0.2) is 14.9 Å². The van der Waals surface area contributed by atoms with Crippen LogP contribution in [0.2, 0.25) is 6.55 Å². The van der Waals surface area contributed by atoms with Gasteiger partial charge in [0.25, 0.3) is 0 Å². The van der Waals surface area contributed by atoms with Gasteiger partial charge in [-0.2, -0.15) is 0 Å². The van der Waals surface area contributed by atoms with E-state index in [1.54, 1.807) is 0 Å². The lowest BCUT2D eigenvalue weighted by molar-refractivity contribution is 0.363. The first kappa shape index (κ1) is 11.8. The van der Waals surface area contributed by atoms with Crippen molar-refractivity contribution in [3.63, 3.8) is 0 Å². The molecule has 1 aromatic carbocycles. The van der Waals surface area contributed by atoms with Crippen LogP contribution >= 0.6 is 0 Å². The van der Waals surface area contributed by atoms with Crippen molar-refractivity contribution >= 4 is 8.32 Å². The third-order valence-electron chi connectivity index (χ3n) is 2.31. The summed E-state index contributed by atoms with van der Waals surface area (Å²) in [5.41, 5.74) is 3.22. The second-order valence-corrected chi connectivity index (χ2v) is 7.35. The monoisotopic (exact) mass is 216 g/mol. The first-order chi connectivity index (χ1) is 7.20. The molecule has 78 valence electrons. The Morgan fingerprint density at radius 3 is 2.67 bits per heavy atom. The van der Waals surface area contributed by atoms with Crippen LogP contribution in [-0.2, 0) is 10.5 Å². The third-order valence-corrected chi connectivity index (χ3v) is 5.09. The summed E-state index contributed by atoms with van der Waals surface area (Å²) in [5.74, 6) is 2.51. The van der Waals surface area contributed by atoms with E-state index in [4.69, 9.17) is 10.8 Å². The van der Waals surface area contributed by atoms with E-state index in [2.05, 4.69) is 31.2 Å². The van der Waals surface area contributed by atoms with Crippen molar-refractivity contribution in [2.24, 2.45) is 0 Å². The maximum absolute atomic E-state index is 5.72. The molecule has 1 unspecified atom stereocenters. The summed E-state index contributed by atoms with van der Waals surface area (Å²) in [4.78, 5) is 0. The van der Waals surface area contributed by atoms with Gasteiger partial charge >= 0.3 is 0 Å². The smallest absolute Gasteiger partial charge is 0.219 e. The molecular formula is C13H16OSi. The summed E-state index contributed by atoms with van der Waals surface area (Å²) in [7, 11) is -1.86. The summed E-state index contributed by atoms with van der Waals surface area (Å²) in [6.45, 7) is 6.36. The minimum absolute atomic E-state index is 0.377. The van der Waals surface area contributed by atoms with E-state index >= 15 is 0 Å². The van der Waals surface area contributed by atoms with Crippen molar-refractivity contribution in [1.29, 1.82) is 0 Å². The average Bonchev–Trinajstić information content (AvgIpc) is 2.28. The lowest BCUT2D eigenvalue weighted by atomic mass is 10.2. The molecule has 0 N–H and O–H groups in total. The Hall–Kier alpha value is -1.30. The van der Waals surface area contributed by atoms with Gasteiger partial charge in [-0.3, -0.25) is 0 Å². The zero-order valence-corrected chi connectivity index (χ0v) is 10.1. The summed E-state index contributed by atoms with van der Waals surface area (Å²) in [6, 6.07) is 11.2. The van der Waals surface area contributed by atoms with Gasteiger partial charge < -0.3 is 4.43 Å². The van der Waals surface area contributed by atoms with Crippen LogP contribution in [0.15, 0.2) is 42.6 Å². The van der Waals surface area contributed by atoms with Gasteiger partial charge in [-0.1, -0.05) is 42.0 Å². The maximum Gasteiger partial charge on any atom is 0.219 e. The van der Waals surface area contributed by atoms with E-state index in [1.165, 1.54) is 5.56 Å². The molecule has 0 saturated heterocycles. The van der Waals surface area contributed by atoms with Crippen molar-refractivity contribution in [1.82, 2.24) is 0 Å². The number of rotatable bonds is 5. The third kappa shape index (κ3) is 3.74. The predicted octanol–water partition coefficient (Wildman–Crippen LogP) is 2.72. The fraction of sp³-hybridized carbons (Fsp3) is 0.231. The van der Waals surface area contributed by atoms with E-state index in [0.717, 1.165) is 6.04 Å². The Balaban J connectivity index is 2.69. The molecule has 1 aromatic rings. The molecule has 1 atom stereocenters. The molecular weight excluding hydrogens is 200 g/mol. The van der Waals surface area contributed by atoms with Crippen molar-refractivity contribution in [2.75, 3.05) is 6.61 Å². The zero-order chi connectivity index (χ0) is 11.1. The topological polar surface area (TPSA) is 9.23 Å². The Bertz CT molecular complexity index is 353. The second kappa shape index (κ2) is 5.55. The zero-order valence-electron chi connectivity index (χ0n) is 9.07. The van der Waals surface area contributed by atoms with Crippen LogP contribution in [0.5, 0.6) is 0 Å². The molecule has 0 heterocycles. The predicted molar refractivity (Wildman–Crippen MR) is 66.7 cm³/mol. The molecule has 2 heteroatoms. The molecule has 0 radical (unpaired) electrons. The van der Waals surface area contributed by atoms with Crippen LogP contribution in [0.1, 0.15) is 5.56 Å². The molecule has 0 bridgehead atoms. The molecule has 0 aromatic heterocycles. The lowest BCUT2D eigenvalue weighted by Gasteiger charge is -2.22. The Morgan fingerprint density at radius 1 is 1.47 bits per heavy atom. The number of terminal acetylenes is 1. The maximum atomic E-state index is 5.72. The number of benzene rings is 1. The van der Waals surface area contributed by atoms with Crippen molar-refractivity contribution in [3.05, 3.63) is 48.2 Å². The van der Waals surface area contributed by atoms with E-state index in [9.17, 15) is 0 Å². The molecule has 0 aliphatic heterocycles. The highest BCUT2D eigenvalue weighted by molar-refractivity contribution is 6.76. The van der Waals surface area contributed by atoms with Gasteiger partial charge in [-0.15, -0.1) is 13.0 Å². The molecule has 1 rings (SSSR count). The van der Waals surface area contributed by atoms with Crippen molar-refractivity contribution in [3.8, 4) is 12.3 Å². The summed E-state index contributed by atoms with van der Waals surface area (Å²) in [5, 5.41) is 0. The SMILES string of the molecule is C#CCO[Si](C)(C=C)Cc1ccccc1. The minimum Gasteiger partial charge on any atom is -0.402 e. The Labute approximate surface area is 92.9 Å². The quantitative estimate of drug-likeness (QED) is 0.543. The fourth-order valence-electron chi connectivity index (χ4n) is 1.39.